The van der Waals surface area contributed by atoms with Crippen molar-refractivity contribution in [3.8, 4) is 11.1 Å². The van der Waals surface area contributed by atoms with Crippen molar-refractivity contribution in [1.82, 2.24) is 9.97 Å². The Kier molecular flexibility index (Phi) is 6.78. The number of halogens is 2. The number of morpholine rings is 1. The fraction of sp³-hybridized carbons (Fsp3) is 0.160. The van der Waals surface area contributed by atoms with Gasteiger partial charge in [-0.15, -0.1) is 0 Å². The number of anilines is 3. The molecule has 4 aromatic rings. The summed E-state index contributed by atoms with van der Waals surface area (Å²) in [5.74, 6) is -0.658. The third-order valence-corrected chi connectivity index (χ3v) is 7.83. The van der Waals surface area contributed by atoms with Gasteiger partial charge in [-0.25, -0.2) is 17.8 Å². The first-order valence-electron chi connectivity index (χ1n) is 11.4. The number of amides is 1. The summed E-state index contributed by atoms with van der Waals surface area (Å²) in [7, 11) is -4.16. The highest BCUT2D eigenvalue weighted by molar-refractivity contribution is 7.92. The SMILES string of the molecule is NC(=O)c1cc(-c2ccc3nc(N)nc(N4CCOCC4)c3c2)cc(NS(=O)(=O)c2ccc(F)cc2)c1Cl. The van der Waals surface area contributed by atoms with Gasteiger partial charge < -0.3 is 21.1 Å². The molecule has 1 aliphatic heterocycles. The number of fused-ring (bicyclic) bond motifs is 1. The number of nitrogen functional groups attached to an aromatic ring is 1. The third-order valence-electron chi connectivity index (χ3n) is 6.04. The molecule has 1 fully saturated rings. The number of nitrogens with zero attached hydrogens (tertiary/aromatic N) is 3. The van der Waals surface area contributed by atoms with E-state index in [1.807, 2.05) is 11.0 Å². The summed E-state index contributed by atoms with van der Waals surface area (Å²) >= 11 is 6.38. The fourth-order valence-electron chi connectivity index (χ4n) is 4.19. The minimum absolute atomic E-state index is 0.0654. The zero-order valence-corrected chi connectivity index (χ0v) is 21.4. The number of sulfonamides is 1. The first kappa shape index (κ1) is 25.6. The highest BCUT2D eigenvalue weighted by Crippen LogP contribution is 2.36. The monoisotopic (exact) mass is 556 g/mol. The lowest BCUT2D eigenvalue weighted by Gasteiger charge is -2.28. The fourth-order valence-corrected chi connectivity index (χ4v) is 5.56. The Morgan fingerprint density at radius 2 is 1.74 bits per heavy atom. The summed E-state index contributed by atoms with van der Waals surface area (Å²) in [6.07, 6.45) is 0. The summed E-state index contributed by atoms with van der Waals surface area (Å²) < 4.78 is 47.1. The second-order valence-corrected chi connectivity index (χ2v) is 10.6. The molecule has 10 nitrogen and oxygen atoms in total. The number of nitrogens with one attached hydrogen (secondary N) is 1. The van der Waals surface area contributed by atoms with E-state index >= 15 is 0 Å². The molecule has 3 aromatic carbocycles. The van der Waals surface area contributed by atoms with Crippen molar-refractivity contribution in [2.24, 2.45) is 5.73 Å². The van der Waals surface area contributed by atoms with E-state index in [1.54, 1.807) is 12.1 Å². The van der Waals surface area contributed by atoms with Crippen molar-refractivity contribution in [1.29, 1.82) is 0 Å². The van der Waals surface area contributed by atoms with Crippen LogP contribution in [0.4, 0.5) is 21.8 Å². The van der Waals surface area contributed by atoms with Crippen LogP contribution in [-0.4, -0.2) is 50.6 Å². The van der Waals surface area contributed by atoms with Gasteiger partial charge in [0.15, 0.2) is 0 Å². The predicted molar refractivity (Wildman–Crippen MR) is 143 cm³/mol. The van der Waals surface area contributed by atoms with Crippen LogP contribution < -0.4 is 21.1 Å². The molecule has 1 aromatic heterocycles. The molecule has 5 rings (SSSR count). The molecule has 0 saturated carbocycles. The average Bonchev–Trinajstić information content (AvgIpc) is 2.89. The van der Waals surface area contributed by atoms with Crippen LogP contribution >= 0.6 is 11.6 Å². The van der Waals surface area contributed by atoms with Gasteiger partial charge in [0, 0.05) is 18.5 Å². The number of carbonyl (C=O) groups excluding carboxylic acids is 1. The van der Waals surface area contributed by atoms with Crippen LogP contribution in [0.25, 0.3) is 22.0 Å². The molecule has 0 atom stereocenters. The maximum atomic E-state index is 13.3. The second-order valence-electron chi connectivity index (χ2n) is 8.55. The zero-order chi connectivity index (χ0) is 27.0. The van der Waals surface area contributed by atoms with Gasteiger partial charge >= 0.3 is 0 Å². The van der Waals surface area contributed by atoms with Crippen molar-refractivity contribution in [2.75, 3.05) is 41.7 Å². The predicted octanol–water partition coefficient (Wildman–Crippen LogP) is 3.41. The molecule has 0 bridgehead atoms. The van der Waals surface area contributed by atoms with E-state index in [4.69, 9.17) is 27.8 Å². The number of carbonyl (C=O) groups is 1. The van der Waals surface area contributed by atoms with Gasteiger partial charge in [-0.2, -0.15) is 4.98 Å². The number of hydrogen-bond donors (Lipinski definition) is 3. The second kappa shape index (κ2) is 10.0. The van der Waals surface area contributed by atoms with E-state index in [1.165, 1.54) is 12.1 Å². The topological polar surface area (TPSA) is 154 Å². The summed E-state index contributed by atoms with van der Waals surface area (Å²) in [5.41, 5.74) is 13.1. The van der Waals surface area contributed by atoms with Crippen LogP contribution in [0.2, 0.25) is 5.02 Å². The molecule has 1 saturated heterocycles. The number of benzene rings is 3. The van der Waals surface area contributed by atoms with E-state index in [0.717, 1.165) is 24.3 Å². The molecule has 1 amide bonds. The van der Waals surface area contributed by atoms with Crippen LogP contribution in [0.1, 0.15) is 10.4 Å². The molecular weight excluding hydrogens is 535 g/mol. The highest BCUT2D eigenvalue weighted by Gasteiger charge is 2.22. The summed E-state index contributed by atoms with van der Waals surface area (Å²) in [4.78, 5) is 22.8. The number of hydrogen-bond acceptors (Lipinski definition) is 8. The molecule has 1 aliphatic rings. The van der Waals surface area contributed by atoms with E-state index in [9.17, 15) is 17.6 Å². The molecule has 0 spiro atoms. The Morgan fingerprint density at radius 3 is 2.42 bits per heavy atom. The third kappa shape index (κ3) is 5.05. The van der Waals surface area contributed by atoms with E-state index in [0.29, 0.717) is 54.2 Å². The van der Waals surface area contributed by atoms with Crippen molar-refractivity contribution < 1.29 is 22.3 Å². The van der Waals surface area contributed by atoms with Gasteiger partial charge in [0.2, 0.25) is 11.9 Å². The van der Waals surface area contributed by atoms with Crippen molar-refractivity contribution >= 4 is 55.9 Å². The van der Waals surface area contributed by atoms with E-state index < -0.39 is 21.7 Å². The van der Waals surface area contributed by atoms with E-state index in [2.05, 4.69) is 14.7 Å². The Bertz CT molecular complexity index is 1660. The van der Waals surface area contributed by atoms with Gasteiger partial charge in [-0.1, -0.05) is 17.7 Å². The van der Waals surface area contributed by atoms with Crippen LogP contribution in [0, 0.1) is 5.82 Å². The number of ether oxygens (including phenoxy) is 1. The largest absolute Gasteiger partial charge is 0.378 e. The first-order chi connectivity index (χ1) is 18.1. The van der Waals surface area contributed by atoms with Crippen LogP contribution in [0.15, 0.2) is 59.5 Å². The first-order valence-corrected chi connectivity index (χ1v) is 13.3. The van der Waals surface area contributed by atoms with Crippen molar-refractivity contribution in [3.05, 3.63) is 71.0 Å². The molecule has 5 N–H and O–H groups in total. The van der Waals surface area contributed by atoms with Gasteiger partial charge in [-0.05, 0) is 59.7 Å². The molecular formula is C25H22ClFN6O4S. The minimum atomic E-state index is -4.16. The quantitative estimate of drug-likeness (QED) is 0.326. The number of rotatable bonds is 6. The van der Waals surface area contributed by atoms with Crippen molar-refractivity contribution in [2.45, 2.75) is 4.90 Å². The van der Waals surface area contributed by atoms with Gasteiger partial charge in [0.05, 0.1) is 39.9 Å². The average molecular weight is 557 g/mol. The van der Waals surface area contributed by atoms with Gasteiger partial charge in [0.1, 0.15) is 11.6 Å². The molecule has 38 heavy (non-hydrogen) atoms. The Balaban J connectivity index is 1.62. The normalized spacial score (nSPS) is 14.0. The highest BCUT2D eigenvalue weighted by atomic mass is 35.5. The molecule has 0 radical (unpaired) electrons. The lowest BCUT2D eigenvalue weighted by atomic mass is 10.00. The van der Waals surface area contributed by atoms with Crippen LogP contribution in [0.3, 0.4) is 0 Å². The van der Waals surface area contributed by atoms with Crippen LogP contribution in [-0.2, 0) is 14.8 Å². The maximum Gasteiger partial charge on any atom is 0.261 e. The number of aromatic nitrogens is 2. The molecule has 2 heterocycles. The van der Waals surface area contributed by atoms with Crippen LogP contribution in [0.5, 0.6) is 0 Å². The van der Waals surface area contributed by atoms with Gasteiger partial charge in [0.25, 0.3) is 10.0 Å². The lowest BCUT2D eigenvalue weighted by Crippen LogP contribution is -2.37. The lowest BCUT2D eigenvalue weighted by molar-refractivity contribution is 0.100. The molecule has 0 unspecified atom stereocenters. The zero-order valence-electron chi connectivity index (χ0n) is 19.8. The summed E-state index contributed by atoms with van der Waals surface area (Å²) in [5, 5.41) is 0.542. The summed E-state index contributed by atoms with van der Waals surface area (Å²) in [6, 6.07) is 12.6. The number of nitrogens with two attached hydrogens (primary N) is 2. The Morgan fingerprint density at radius 1 is 1.03 bits per heavy atom. The smallest absolute Gasteiger partial charge is 0.261 e. The van der Waals surface area contributed by atoms with Crippen molar-refractivity contribution in [3.63, 3.8) is 0 Å². The Labute approximate surface area is 222 Å². The molecule has 0 aliphatic carbocycles. The standard InChI is InChI=1S/C25H22ClFN6O4S/c26-22-19(23(28)34)12-15(13-21(22)32-38(35,36)17-4-2-16(27)3-5-17)14-1-6-20-18(11-14)24(31-25(29)30-20)33-7-9-37-10-8-33/h1-6,11-13,32H,7-10H2,(H2,28,34)(H2,29,30,31). The van der Waals surface area contributed by atoms with Gasteiger partial charge in [-0.3, -0.25) is 9.52 Å². The number of primary amides is 1. The van der Waals surface area contributed by atoms with E-state index in [-0.39, 0.29) is 27.1 Å². The molecule has 196 valence electrons. The summed E-state index contributed by atoms with van der Waals surface area (Å²) in [6.45, 7) is 2.33. The minimum Gasteiger partial charge on any atom is -0.378 e. The Hall–Kier alpha value is -4.00. The maximum absolute atomic E-state index is 13.3. The molecule has 13 heteroatoms.